The average Bonchev–Trinajstić information content (AvgIpc) is 3.17. The average molecular weight is 462 g/mol. The highest BCUT2D eigenvalue weighted by atomic mass is 35.5. The lowest BCUT2D eigenvalue weighted by Crippen LogP contribution is -2.28. The van der Waals surface area contributed by atoms with Gasteiger partial charge in [0.05, 0.1) is 23.7 Å². The summed E-state index contributed by atoms with van der Waals surface area (Å²) < 4.78 is 8.22. The zero-order valence-electron chi connectivity index (χ0n) is 19.1. The number of ether oxygens (including phenoxy) is 1. The predicted molar refractivity (Wildman–Crippen MR) is 133 cm³/mol. The quantitative estimate of drug-likeness (QED) is 0.315. The zero-order chi connectivity index (χ0) is 23.4. The van der Waals surface area contributed by atoms with Crippen LogP contribution < -0.4 is 10.1 Å². The SMILES string of the molecule is Cc1ccc(C)c(OCCCn2c(C(C)NC(=O)c3cccc(Cl)c3)nc3ccccc32)c1. The van der Waals surface area contributed by atoms with E-state index < -0.39 is 0 Å². The third-order valence-corrected chi connectivity index (χ3v) is 5.87. The molecule has 1 unspecified atom stereocenters. The van der Waals surface area contributed by atoms with Gasteiger partial charge in [-0.3, -0.25) is 4.79 Å². The lowest BCUT2D eigenvalue weighted by atomic mass is 10.1. The molecule has 1 amide bonds. The number of carbonyl (C=O) groups excluding carboxylic acids is 1. The van der Waals surface area contributed by atoms with Gasteiger partial charge in [-0.05, 0) is 74.7 Å². The Morgan fingerprint density at radius 2 is 1.91 bits per heavy atom. The van der Waals surface area contributed by atoms with Gasteiger partial charge in [0.25, 0.3) is 5.91 Å². The molecule has 4 rings (SSSR count). The van der Waals surface area contributed by atoms with E-state index in [1.807, 2.05) is 25.1 Å². The zero-order valence-corrected chi connectivity index (χ0v) is 19.9. The van der Waals surface area contributed by atoms with Crippen LogP contribution in [-0.2, 0) is 6.54 Å². The van der Waals surface area contributed by atoms with Crippen molar-refractivity contribution in [3.8, 4) is 5.75 Å². The molecule has 33 heavy (non-hydrogen) atoms. The van der Waals surface area contributed by atoms with Crippen molar-refractivity contribution in [2.45, 2.75) is 39.8 Å². The molecule has 1 aromatic heterocycles. The molecule has 1 N–H and O–H groups in total. The molecule has 4 aromatic rings. The predicted octanol–water partition coefficient (Wildman–Crippen LogP) is 6.27. The minimum Gasteiger partial charge on any atom is -0.493 e. The smallest absolute Gasteiger partial charge is 0.251 e. The third kappa shape index (κ3) is 5.37. The number of para-hydroxylation sites is 2. The summed E-state index contributed by atoms with van der Waals surface area (Å²) in [4.78, 5) is 17.6. The first-order chi connectivity index (χ1) is 15.9. The van der Waals surface area contributed by atoms with Crippen molar-refractivity contribution < 1.29 is 9.53 Å². The standard InChI is InChI=1S/C27H28ClN3O2/c1-18-12-13-19(2)25(16-18)33-15-7-14-31-24-11-5-4-10-23(24)30-26(31)20(3)29-27(32)21-8-6-9-22(28)17-21/h4-6,8-13,16-17,20H,7,14-15H2,1-3H3,(H,29,32). The summed E-state index contributed by atoms with van der Waals surface area (Å²) in [6, 6.07) is 20.9. The maximum absolute atomic E-state index is 12.8. The molecule has 0 radical (unpaired) electrons. The molecule has 0 fully saturated rings. The summed E-state index contributed by atoms with van der Waals surface area (Å²) in [6.45, 7) is 7.40. The van der Waals surface area contributed by atoms with Gasteiger partial charge in [0, 0.05) is 17.1 Å². The first-order valence-electron chi connectivity index (χ1n) is 11.1. The van der Waals surface area contributed by atoms with E-state index in [4.69, 9.17) is 21.3 Å². The number of aromatic nitrogens is 2. The van der Waals surface area contributed by atoms with Crippen molar-refractivity contribution in [1.82, 2.24) is 14.9 Å². The minimum atomic E-state index is -0.274. The van der Waals surface area contributed by atoms with Crippen LogP contribution >= 0.6 is 11.6 Å². The van der Waals surface area contributed by atoms with Crippen LogP contribution in [0.1, 0.15) is 46.7 Å². The van der Waals surface area contributed by atoms with Crippen LogP contribution in [0.3, 0.4) is 0 Å². The number of aryl methyl sites for hydroxylation is 3. The topological polar surface area (TPSA) is 56.1 Å². The Kier molecular flexibility index (Phi) is 6.99. The molecule has 0 aliphatic rings. The van der Waals surface area contributed by atoms with E-state index in [-0.39, 0.29) is 11.9 Å². The molecule has 0 aliphatic heterocycles. The first-order valence-corrected chi connectivity index (χ1v) is 11.5. The lowest BCUT2D eigenvalue weighted by Gasteiger charge is -2.17. The second-order valence-corrected chi connectivity index (χ2v) is 8.72. The van der Waals surface area contributed by atoms with Crippen LogP contribution in [0.25, 0.3) is 11.0 Å². The number of benzene rings is 3. The van der Waals surface area contributed by atoms with Crippen molar-refractivity contribution in [2.24, 2.45) is 0 Å². The fourth-order valence-electron chi connectivity index (χ4n) is 3.90. The van der Waals surface area contributed by atoms with Crippen LogP contribution in [0, 0.1) is 13.8 Å². The monoisotopic (exact) mass is 461 g/mol. The Labute approximate surface area is 199 Å². The van der Waals surface area contributed by atoms with Gasteiger partial charge in [-0.1, -0.05) is 41.9 Å². The first kappa shape index (κ1) is 22.9. The lowest BCUT2D eigenvalue weighted by molar-refractivity contribution is 0.0937. The van der Waals surface area contributed by atoms with E-state index >= 15 is 0 Å². The van der Waals surface area contributed by atoms with Crippen molar-refractivity contribution in [2.75, 3.05) is 6.61 Å². The molecule has 0 aliphatic carbocycles. The summed E-state index contributed by atoms with van der Waals surface area (Å²) in [5.74, 6) is 1.56. The van der Waals surface area contributed by atoms with Gasteiger partial charge >= 0.3 is 0 Å². The number of hydrogen-bond donors (Lipinski definition) is 1. The summed E-state index contributed by atoms with van der Waals surface area (Å²) >= 11 is 6.05. The number of hydrogen-bond acceptors (Lipinski definition) is 3. The number of carbonyl (C=O) groups is 1. The maximum atomic E-state index is 12.8. The highest BCUT2D eigenvalue weighted by Crippen LogP contribution is 2.23. The molecule has 6 heteroatoms. The second kappa shape index (κ2) is 10.1. The molecular formula is C27H28ClN3O2. The third-order valence-electron chi connectivity index (χ3n) is 5.63. The van der Waals surface area contributed by atoms with Crippen LogP contribution in [0.15, 0.2) is 66.7 Å². The molecule has 0 saturated carbocycles. The number of nitrogens with zero attached hydrogens (tertiary/aromatic N) is 2. The van der Waals surface area contributed by atoms with E-state index in [0.29, 0.717) is 17.2 Å². The molecule has 0 spiro atoms. The molecule has 0 bridgehead atoms. The van der Waals surface area contributed by atoms with E-state index in [1.165, 1.54) is 5.56 Å². The Morgan fingerprint density at radius 1 is 1.09 bits per heavy atom. The van der Waals surface area contributed by atoms with Crippen LogP contribution in [0.5, 0.6) is 5.75 Å². The van der Waals surface area contributed by atoms with Gasteiger partial charge in [0.2, 0.25) is 0 Å². The number of imidazole rings is 1. The summed E-state index contributed by atoms with van der Waals surface area (Å²) in [5, 5.41) is 3.59. The molecule has 1 atom stereocenters. The Balaban J connectivity index is 1.49. The number of halogens is 1. The summed E-state index contributed by atoms with van der Waals surface area (Å²) in [6.07, 6.45) is 0.815. The Bertz CT molecular complexity index is 1280. The number of fused-ring (bicyclic) bond motifs is 1. The molecule has 0 saturated heterocycles. The van der Waals surface area contributed by atoms with Crippen LogP contribution in [0.4, 0.5) is 0 Å². The van der Waals surface area contributed by atoms with Gasteiger partial charge in [0.15, 0.2) is 0 Å². The van der Waals surface area contributed by atoms with E-state index in [9.17, 15) is 4.79 Å². The number of nitrogens with one attached hydrogen (secondary N) is 1. The fraction of sp³-hybridized carbons (Fsp3) is 0.259. The summed E-state index contributed by atoms with van der Waals surface area (Å²) in [5.41, 5.74) is 4.79. The highest BCUT2D eigenvalue weighted by Gasteiger charge is 2.19. The van der Waals surface area contributed by atoms with Gasteiger partial charge in [0.1, 0.15) is 11.6 Å². The molecule has 170 valence electrons. The van der Waals surface area contributed by atoms with E-state index in [0.717, 1.165) is 41.1 Å². The normalized spacial score (nSPS) is 12.0. The second-order valence-electron chi connectivity index (χ2n) is 8.29. The molecule has 1 heterocycles. The Hall–Kier alpha value is -3.31. The fourth-order valence-corrected chi connectivity index (χ4v) is 4.09. The molecule has 3 aromatic carbocycles. The molecular weight excluding hydrogens is 434 g/mol. The summed E-state index contributed by atoms with van der Waals surface area (Å²) in [7, 11) is 0. The van der Waals surface area contributed by atoms with E-state index in [2.05, 4.69) is 48.0 Å². The van der Waals surface area contributed by atoms with Crippen molar-refractivity contribution in [3.05, 3.63) is 94.3 Å². The van der Waals surface area contributed by atoms with Crippen LogP contribution in [0.2, 0.25) is 5.02 Å². The van der Waals surface area contributed by atoms with Crippen LogP contribution in [-0.4, -0.2) is 22.1 Å². The van der Waals surface area contributed by atoms with Crippen molar-refractivity contribution >= 4 is 28.5 Å². The van der Waals surface area contributed by atoms with Crippen molar-refractivity contribution in [3.63, 3.8) is 0 Å². The van der Waals surface area contributed by atoms with Gasteiger partial charge in [-0.2, -0.15) is 0 Å². The number of amides is 1. The van der Waals surface area contributed by atoms with Gasteiger partial charge in [-0.15, -0.1) is 0 Å². The van der Waals surface area contributed by atoms with Gasteiger partial charge < -0.3 is 14.6 Å². The van der Waals surface area contributed by atoms with Crippen molar-refractivity contribution in [1.29, 1.82) is 0 Å². The van der Waals surface area contributed by atoms with E-state index in [1.54, 1.807) is 24.3 Å². The minimum absolute atomic E-state index is 0.179. The van der Waals surface area contributed by atoms with Gasteiger partial charge in [-0.25, -0.2) is 4.98 Å². The molecule has 5 nitrogen and oxygen atoms in total. The number of rotatable bonds is 8. The maximum Gasteiger partial charge on any atom is 0.251 e. The largest absolute Gasteiger partial charge is 0.493 e. The highest BCUT2D eigenvalue weighted by molar-refractivity contribution is 6.30. The Morgan fingerprint density at radius 3 is 2.73 bits per heavy atom.